The predicted octanol–water partition coefficient (Wildman–Crippen LogP) is 3.39. The largest absolute Gasteiger partial charge is 0.362 e. The average Bonchev–Trinajstić information content (AvgIpc) is 3.21. The fraction of sp³-hybridized carbons (Fsp3) is 0.208. The topological polar surface area (TPSA) is 74.3 Å². The number of pyridine rings is 1. The van der Waals surface area contributed by atoms with Gasteiger partial charge in [0.2, 0.25) is 0 Å². The molecule has 31 heavy (non-hydrogen) atoms. The Kier molecular flexibility index (Phi) is 5.93. The van der Waals surface area contributed by atoms with Gasteiger partial charge in [-0.05, 0) is 54.3 Å². The van der Waals surface area contributed by atoms with Gasteiger partial charge in [-0.15, -0.1) is 0 Å². The maximum Gasteiger partial charge on any atom is 0.313 e. The van der Waals surface area contributed by atoms with Crippen LogP contribution in [0.4, 0.5) is 15.8 Å². The summed E-state index contributed by atoms with van der Waals surface area (Å²) >= 11 is 0. The Morgan fingerprint density at radius 1 is 1.13 bits per heavy atom. The number of rotatable bonds is 5. The van der Waals surface area contributed by atoms with Crippen molar-refractivity contribution in [3.63, 3.8) is 0 Å². The first-order chi connectivity index (χ1) is 15.0. The number of amides is 2. The number of carbonyl (C=O) groups excluding carboxylic acids is 2. The van der Waals surface area contributed by atoms with Gasteiger partial charge in [0, 0.05) is 36.9 Å². The van der Waals surface area contributed by atoms with E-state index in [2.05, 4.69) is 32.7 Å². The van der Waals surface area contributed by atoms with Crippen molar-refractivity contribution in [3.05, 3.63) is 89.5 Å². The number of aromatic nitrogens is 1. The number of hydrogen-bond donors (Lipinski definition) is 2. The third-order valence-corrected chi connectivity index (χ3v) is 5.46. The van der Waals surface area contributed by atoms with Gasteiger partial charge in [0.25, 0.3) is 0 Å². The Hall–Kier alpha value is -3.74. The zero-order chi connectivity index (χ0) is 21.8. The number of carbonyl (C=O) groups is 2. The molecule has 1 atom stereocenters. The Labute approximate surface area is 180 Å². The van der Waals surface area contributed by atoms with Crippen molar-refractivity contribution in [3.8, 4) is 0 Å². The van der Waals surface area contributed by atoms with Crippen molar-refractivity contribution < 1.29 is 14.0 Å². The minimum absolute atomic E-state index is 0.175. The highest BCUT2D eigenvalue weighted by molar-refractivity contribution is 6.39. The zero-order valence-electron chi connectivity index (χ0n) is 17.1. The van der Waals surface area contributed by atoms with Gasteiger partial charge in [-0.1, -0.05) is 30.3 Å². The van der Waals surface area contributed by atoms with Crippen LogP contribution in [0.5, 0.6) is 0 Å². The number of hydrogen-bond acceptors (Lipinski definition) is 4. The molecule has 2 aromatic carbocycles. The number of nitrogens with one attached hydrogen (secondary N) is 2. The van der Waals surface area contributed by atoms with Gasteiger partial charge < -0.3 is 15.5 Å². The van der Waals surface area contributed by atoms with E-state index >= 15 is 0 Å². The minimum Gasteiger partial charge on any atom is -0.362 e. The number of fused-ring (bicyclic) bond motifs is 1. The molecule has 6 nitrogen and oxygen atoms in total. The molecule has 7 heteroatoms. The van der Waals surface area contributed by atoms with Crippen LogP contribution in [0.2, 0.25) is 0 Å². The van der Waals surface area contributed by atoms with Gasteiger partial charge >= 0.3 is 11.8 Å². The summed E-state index contributed by atoms with van der Waals surface area (Å²) in [5, 5.41) is 5.16. The normalized spacial score (nSPS) is 13.4. The molecule has 2 heterocycles. The number of anilines is 2. The van der Waals surface area contributed by atoms with E-state index in [0.29, 0.717) is 5.56 Å². The van der Waals surface area contributed by atoms with E-state index in [0.717, 1.165) is 24.2 Å². The molecule has 0 saturated heterocycles. The molecular weight excluding hydrogens is 395 g/mol. The second-order valence-electron chi connectivity index (χ2n) is 7.50. The van der Waals surface area contributed by atoms with Gasteiger partial charge in [-0.2, -0.15) is 0 Å². The first kappa shape index (κ1) is 20.5. The molecule has 0 bridgehead atoms. The van der Waals surface area contributed by atoms with Crippen molar-refractivity contribution in [1.29, 1.82) is 0 Å². The lowest BCUT2D eigenvalue weighted by molar-refractivity contribution is -0.136. The minimum atomic E-state index is -0.838. The number of benzene rings is 2. The number of halogens is 1. The average molecular weight is 418 g/mol. The highest BCUT2D eigenvalue weighted by Crippen LogP contribution is 2.34. The summed E-state index contributed by atoms with van der Waals surface area (Å²) in [7, 11) is 0. The molecule has 0 spiro atoms. The highest BCUT2D eigenvalue weighted by Gasteiger charge is 2.28. The fourth-order valence-corrected chi connectivity index (χ4v) is 3.80. The van der Waals surface area contributed by atoms with Gasteiger partial charge in [-0.25, -0.2) is 4.39 Å². The van der Waals surface area contributed by atoms with Crippen molar-refractivity contribution in [2.75, 3.05) is 23.3 Å². The molecule has 1 aromatic heterocycles. The molecule has 3 aromatic rings. The van der Waals surface area contributed by atoms with Gasteiger partial charge in [-0.3, -0.25) is 14.6 Å². The van der Waals surface area contributed by atoms with E-state index in [-0.39, 0.29) is 18.3 Å². The van der Waals surface area contributed by atoms with Crippen LogP contribution < -0.4 is 15.5 Å². The van der Waals surface area contributed by atoms with E-state index in [1.807, 2.05) is 24.3 Å². The summed E-state index contributed by atoms with van der Waals surface area (Å²) < 4.78 is 13.7. The molecule has 0 saturated carbocycles. The van der Waals surface area contributed by atoms with Crippen molar-refractivity contribution >= 4 is 23.2 Å². The van der Waals surface area contributed by atoms with Crippen LogP contribution in [0.1, 0.15) is 22.7 Å². The maximum absolute atomic E-state index is 13.7. The second-order valence-corrected chi connectivity index (χ2v) is 7.50. The fourth-order valence-electron chi connectivity index (χ4n) is 3.80. The monoisotopic (exact) mass is 418 g/mol. The summed E-state index contributed by atoms with van der Waals surface area (Å²) in [5.41, 5.74) is 4.01. The molecule has 0 aliphatic carbocycles. The van der Waals surface area contributed by atoms with E-state index < -0.39 is 17.6 Å². The van der Waals surface area contributed by atoms with Crippen LogP contribution in [0.3, 0.4) is 0 Å². The summed E-state index contributed by atoms with van der Waals surface area (Å²) in [6, 6.07) is 16.1. The first-order valence-electron chi connectivity index (χ1n) is 10.1. The molecule has 1 aliphatic rings. The Bertz CT molecular complexity index is 1100. The Morgan fingerprint density at radius 2 is 1.97 bits per heavy atom. The van der Waals surface area contributed by atoms with E-state index in [1.165, 1.54) is 11.6 Å². The van der Waals surface area contributed by atoms with Crippen molar-refractivity contribution in [1.82, 2.24) is 10.3 Å². The smallest absolute Gasteiger partial charge is 0.313 e. The van der Waals surface area contributed by atoms with Gasteiger partial charge in [0.05, 0.1) is 6.04 Å². The standard InChI is InChI=1S/C24H23FN4O2/c1-16-8-9-19(13-20(16)25)28-24(31)23(30)27-15-22(18-6-4-11-26-14-18)29-12-10-17-5-2-3-7-21(17)29/h2-9,11,13-14,22H,10,12,15H2,1H3,(H,27,30)(H,28,31)/t22-/m1/s1. The van der Waals surface area contributed by atoms with E-state index in [4.69, 9.17) is 0 Å². The van der Waals surface area contributed by atoms with Crippen LogP contribution in [0, 0.1) is 12.7 Å². The van der Waals surface area contributed by atoms with Crippen molar-refractivity contribution in [2.45, 2.75) is 19.4 Å². The molecule has 1 aliphatic heterocycles. The number of para-hydroxylation sites is 1. The number of aryl methyl sites for hydroxylation is 1. The lowest BCUT2D eigenvalue weighted by Gasteiger charge is -2.30. The molecular formula is C24H23FN4O2. The van der Waals surface area contributed by atoms with E-state index in [1.54, 1.807) is 31.5 Å². The number of nitrogens with zero attached hydrogens (tertiary/aromatic N) is 2. The third kappa shape index (κ3) is 4.55. The lowest BCUT2D eigenvalue weighted by Crippen LogP contribution is -2.41. The predicted molar refractivity (Wildman–Crippen MR) is 117 cm³/mol. The van der Waals surface area contributed by atoms with Gasteiger partial charge in [0.15, 0.2) is 0 Å². The molecule has 2 N–H and O–H groups in total. The van der Waals surface area contributed by atoms with Crippen LogP contribution in [0.25, 0.3) is 0 Å². The van der Waals surface area contributed by atoms with E-state index in [9.17, 15) is 14.0 Å². The second kappa shape index (κ2) is 8.95. The molecule has 0 unspecified atom stereocenters. The molecule has 4 rings (SSSR count). The zero-order valence-corrected chi connectivity index (χ0v) is 17.1. The first-order valence-corrected chi connectivity index (χ1v) is 10.1. The molecule has 0 fully saturated rings. The van der Waals surface area contributed by atoms with Crippen LogP contribution in [-0.4, -0.2) is 29.9 Å². The lowest BCUT2D eigenvalue weighted by atomic mass is 10.1. The summed E-state index contributed by atoms with van der Waals surface area (Å²) in [6.45, 7) is 2.67. The maximum atomic E-state index is 13.7. The van der Waals surface area contributed by atoms with Crippen LogP contribution in [-0.2, 0) is 16.0 Å². The quantitative estimate of drug-likeness (QED) is 0.623. The molecule has 158 valence electrons. The Morgan fingerprint density at radius 3 is 2.74 bits per heavy atom. The van der Waals surface area contributed by atoms with Crippen LogP contribution in [0.15, 0.2) is 67.0 Å². The third-order valence-electron chi connectivity index (χ3n) is 5.46. The summed E-state index contributed by atoms with van der Waals surface area (Å²) in [5.74, 6) is -2.06. The van der Waals surface area contributed by atoms with Crippen LogP contribution >= 0.6 is 0 Å². The Balaban J connectivity index is 1.47. The molecule has 2 amide bonds. The van der Waals surface area contributed by atoms with Gasteiger partial charge in [0.1, 0.15) is 5.82 Å². The summed E-state index contributed by atoms with van der Waals surface area (Å²) in [6.07, 6.45) is 4.39. The molecule has 0 radical (unpaired) electrons. The van der Waals surface area contributed by atoms with Crippen molar-refractivity contribution in [2.24, 2.45) is 0 Å². The SMILES string of the molecule is Cc1ccc(NC(=O)C(=O)NC[C@H](c2cccnc2)N2CCc3ccccc32)cc1F. The highest BCUT2D eigenvalue weighted by atomic mass is 19.1. The summed E-state index contributed by atoms with van der Waals surface area (Å²) in [4.78, 5) is 31.2.